The van der Waals surface area contributed by atoms with Crippen molar-refractivity contribution in [3.63, 3.8) is 0 Å². The first-order valence-electron chi connectivity index (χ1n) is 12.7. The Morgan fingerprint density at radius 2 is 1.20 bits per heavy atom. The van der Waals surface area contributed by atoms with Crippen molar-refractivity contribution in [3.05, 3.63) is 105 Å². The summed E-state index contributed by atoms with van der Waals surface area (Å²) in [5, 5.41) is 0. The number of hydrogen-bond donors (Lipinski definition) is 1. The molecule has 0 amide bonds. The molecule has 41 heavy (non-hydrogen) atoms. The number of rotatable bonds is 18. The topological polar surface area (TPSA) is 91.3 Å². The third kappa shape index (κ3) is 18.3. The van der Waals surface area contributed by atoms with Crippen LogP contribution < -0.4 is 0 Å². The fourth-order valence-electron chi connectivity index (χ4n) is 3.80. The molecule has 0 radical (unpaired) electrons. The van der Waals surface area contributed by atoms with Crippen LogP contribution >= 0.6 is 0 Å². The Hall–Kier alpha value is -3.67. The van der Waals surface area contributed by atoms with Gasteiger partial charge in [0, 0.05) is 30.9 Å². The second-order valence-electron chi connectivity index (χ2n) is 8.64. The largest absolute Gasteiger partial charge is 0.359 e. The Labute approximate surface area is 244 Å². The lowest BCUT2D eigenvalue weighted by atomic mass is 9.78. The standard InChI is InChI=1S/C33H38O7S/c1-8-12-15-18-30(23-39-26-37-6)28(5)21-33(32(20-17-14-10-3)25-41(34,35)36)22-29(11-4)31(19-16-13-9-2)24-40-27-38-7/h28-29,33H,1-3,11,21-27H2,4-7H3,(H,34,35,36). The highest BCUT2D eigenvalue weighted by Crippen LogP contribution is 2.34. The zero-order valence-electron chi connectivity index (χ0n) is 24.3. The molecule has 0 aliphatic heterocycles. The van der Waals surface area contributed by atoms with Crippen LogP contribution in [0.4, 0.5) is 0 Å². The number of methoxy groups -OCH3 is 2. The summed E-state index contributed by atoms with van der Waals surface area (Å²) in [5.74, 6) is -1.36. The average Bonchev–Trinajstić information content (AvgIpc) is 2.93. The molecule has 0 spiro atoms. The first-order valence-corrected chi connectivity index (χ1v) is 14.3. The molecule has 0 aliphatic rings. The van der Waals surface area contributed by atoms with Crippen molar-refractivity contribution in [3.8, 4) is 0 Å². The minimum absolute atomic E-state index is 0.0736. The van der Waals surface area contributed by atoms with Crippen LogP contribution in [0.1, 0.15) is 33.1 Å². The third-order valence-electron chi connectivity index (χ3n) is 5.66. The van der Waals surface area contributed by atoms with Gasteiger partial charge in [-0.15, -0.1) is 0 Å². The number of ether oxygens (including phenoxy) is 4. The molecule has 1 N–H and O–H groups in total. The average molecular weight is 579 g/mol. The van der Waals surface area contributed by atoms with Gasteiger partial charge in [-0.3, -0.25) is 4.55 Å². The summed E-state index contributed by atoms with van der Waals surface area (Å²) in [5.41, 5.74) is 34.2. The van der Waals surface area contributed by atoms with Gasteiger partial charge in [0.1, 0.15) is 19.3 Å². The van der Waals surface area contributed by atoms with Crippen molar-refractivity contribution < 1.29 is 31.9 Å². The van der Waals surface area contributed by atoms with Gasteiger partial charge in [0.15, 0.2) is 0 Å². The van der Waals surface area contributed by atoms with Crippen LogP contribution in [-0.2, 0) is 29.1 Å². The normalized spacial score (nSPS) is 11.7. The Balaban J connectivity index is 7.09. The summed E-state index contributed by atoms with van der Waals surface area (Å²) in [6.07, 6.45) is 1.56. The van der Waals surface area contributed by atoms with E-state index in [0.29, 0.717) is 24.8 Å². The fourth-order valence-corrected chi connectivity index (χ4v) is 4.50. The molecule has 0 aliphatic carbocycles. The SMILES string of the molecule is C=C=C=C=C=C(COCOC)C(C)CC(CC(CC)C(=C=C=C=C=C)COCOC)C(=C=C=C=C=C)CS(=O)(=O)O. The van der Waals surface area contributed by atoms with E-state index < -0.39 is 21.8 Å². The molecule has 0 aromatic heterocycles. The lowest BCUT2D eigenvalue weighted by Crippen LogP contribution is -2.22. The van der Waals surface area contributed by atoms with E-state index in [1.165, 1.54) is 14.2 Å². The smallest absolute Gasteiger partial charge is 0.269 e. The molecule has 0 aromatic rings. The molecule has 218 valence electrons. The first kappa shape index (κ1) is 37.3. The van der Waals surface area contributed by atoms with E-state index in [1.807, 2.05) is 13.8 Å². The predicted molar refractivity (Wildman–Crippen MR) is 157 cm³/mol. The minimum Gasteiger partial charge on any atom is -0.359 e. The van der Waals surface area contributed by atoms with Crippen LogP contribution in [0.25, 0.3) is 0 Å². The second-order valence-corrected chi connectivity index (χ2v) is 10.1. The Morgan fingerprint density at radius 1 is 0.732 bits per heavy atom. The molecule has 0 heterocycles. The van der Waals surface area contributed by atoms with Crippen LogP contribution in [-0.4, -0.2) is 59.7 Å². The molecule has 3 atom stereocenters. The Bertz CT molecular complexity index is 1460. The highest BCUT2D eigenvalue weighted by atomic mass is 32.2. The van der Waals surface area contributed by atoms with Gasteiger partial charge in [-0.1, -0.05) is 48.2 Å². The van der Waals surface area contributed by atoms with Crippen molar-refractivity contribution in [2.75, 3.05) is 46.8 Å². The Morgan fingerprint density at radius 3 is 1.63 bits per heavy atom. The second kappa shape index (κ2) is 23.1. The van der Waals surface area contributed by atoms with Gasteiger partial charge in [-0.05, 0) is 91.1 Å². The molecule has 8 heteroatoms. The van der Waals surface area contributed by atoms with E-state index in [2.05, 4.69) is 88.5 Å². The van der Waals surface area contributed by atoms with Crippen molar-refractivity contribution in [2.24, 2.45) is 17.8 Å². The van der Waals surface area contributed by atoms with E-state index in [9.17, 15) is 13.0 Å². The van der Waals surface area contributed by atoms with Crippen LogP contribution in [0, 0.1) is 17.8 Å². The van der Waals surface area contributed by atoms with Crippen LogP contribution in [0.5, 0.6) is 0 Å². The Kier molecular flexibility index (Phi) is 21.0. The van der Waals surface area contributed by atoms with Gasteiger partial charge in [-0.2, -0.15) is 8.42 Å². The molecular formula is C33H38O7S. The van der Waals surface area contributed by atoms with Gasteiger partial charge >= 0.3 is 0 Å². The molecule has 0 fully saturated rings. The molecule has 0 saturated carbocycles. The molecule has 0 saturated heterocycles. The van der Waals surface area contributed by atoms with Gasteiger partial charge < -0.3 is 18.9 Å². The predicted octanol–water partition coefficient (Wildman–Crippen LogP) is 5.70. The van der Waals surface area contributed by atoms with Crippen molar-refractivity contribution >= 4 is 10.1 Å². The van der Waals surface area contributed by atoms with Crippen molar-refractivity contribution in [2.45, 2.75) is 33.1 Å². The quantitative estimate of drug-likeness (QED) is 0.0965. The molecule has 0 rings (SSSR count). The summed E-state index contributed by atoms with van der Waals surface area (Å²) in [4.78, 5) is 0. The van der Waals surface area contributed by atoms with Crippen molar-refractivity contribution in [1.82, 2.24) is 0 Å². The summed E-state index contributed by atoms with van der Waals surface area (Å²) in [7, 11) is -1.36. The lowest BCUT2D eigenvalue weighted by Gasteiger charge is -2.27. The van der Waals surface area contributed by atoms with Crippen LogP contribution in [0.2, 0.25) is 0 Å². The summed E-state index contributed by atoms with van der Waals surface area (Å²) in [6, 6.07) is 0. The van der Waals surface area contributed by atoms with Gasteiger partial charge in [0.25, 0.3) is 10.1 Å². The first-order chi connectivity index (χ1) is 19.7. The summed E-state index contributed by atoms with van der Waals surface area (Å²) < 4.78 is 55.0. The zero-order valence-corrected chi connectivity index (χ0v) is 25.1. The molecule has 0 bridgehead atoms. The van der Waals surface area contributed by atoms with E-state index >= 15 is 0 Å². The maximum atomic E-state index is 12.0. The highest BCUT2D eigenvalue weighted by molar-refractivity contribution is 7.86. The van der Waals surface area contributed by atoms with Gasteiger partial charge in [-0.25, -0.2) is 0 Å². The molecule has 7 nitrogen and oxygen atoms in total. The molecular weight excluding hydrogens is 540 g/mol. The van der Waals surface area contributed by atoms with E-state index in [4.69, 9.17) is 18.9 Å². The van der Waals surface area contributed by atoms with Crippen LogP contribution in [0.3, 0.4) is 0 Å². The maximum absolute atomic E-state index is 12.0. The number of hydrogen-bond acceptors (Lipinski definition) is 6. The third-order valence-corrected chi connectivity index (χ3v) is 6.33. The molecule has 0 aromatic carbocycles. The van der Waals surface area contributed by atoms with Gasteiger partial charge in [0.2, 0.25) is 0 Å². The van der Waals surface area contributed by atoms with Gasteiger partial charge in [0.05, 0.1) is 13.2 Å². The maximum Gasteiger partial charge on any atom is 0.269 e. The van der Waals surface area contributed by atoms with Crippen LogP contribution in [0.15, 0.2) is 105 Å². The monoisotopic (exact) mass is 578 g/mol. The summed E-state index contributed by atoms with van der Waals surface area (Å²) >= 11 is 0. The minimum atomic E-state index is -4.40. The summed E-state index contributed by atoms with van der Waals surface area (Å²) in [6.45, 7) is 14.9. The zero-order chi connectivity index (χ0) is 30.9. The van der Waals surface area contributed by atoms with E-state index in [1.54, 1.807) is 0 Å². The van der Waals surface area contributed by atoms with E-state index in [-0.39, 0.29) is 38.6 Å². The molecule has 3 unspecified atom stereocenters. The van der Waals surface area contributed by atoms with Crippen molar-refractivity contribution in [1.29, 1.82) is 0 Å². The highest BCUT2D eigenvalue weighted by Gasteiger charge is 2.27. The lowest BCUT2D eigenvalue weighted by molar-refractivity contribution is -0.0235. The fraction of sp³-hybridized carbons (Fsp3) is 0.455. The van der Waals surface area contributed by atoms with E-state index in [0.717, 1.165) is 11.1 Å².